The Bertz CT molecular complexity index is 953. The van der Waals surface area contributed by atoms with Crippen molar-refractivity contribution in [3.8, 4) is 0 Å². The van der Waals surface area contributed by atoms with Gasteiger partial charge in [-0.3, -0.25) is 4.79 Å². The van der Waals surface area contributed by atoms with Crippen LogP contribution < -0.4 is 5.32 Å². The highest BCUT2D eigenvalue weighted by Gasteiger charge is 2.18. The van der Waals surface area contributed by atoms with E-state index in [1.54, 1.807) is 6.92 Å². The van der Waals surface area contributed by atoms with E-state index in [0.717, 1.165) is 30.5 Å². The quantitative estimate of drug-likeness (QED) is 0.801. The molecule has 0 bridgehead atoms. The second-order valence-electron chi connectivity index (χ2n) is 5.47. The highest BCUT2D eigenvalue weighted by molar-refractivity contribution is 7.90. The summed E-state index contributed by atoms with van der Waals surface area (Å²) in [6, 6.07) is 6.98. The largest absolute Gasteiger partial charge is 0.452 e. The average molecular weight is 383 g/mol. The van der Waals surface area contributed by atoms with Gasteiger partial charge in [-0.1, -0.05) is 12.1 Å². The molecule has 2 aromatic carbocycles. The second-order valence-corrected chi connectivity index (χ2v) is 7.49. The van der Waals surface area contributed by atoms with Gasteiger partial charge in [0.1, 0.15) is 17.3 Å². The van der Waals surface area contributed by atoms with Crippen LogP contribution in [0, 0.1) is 18.6 Å². The lowest BCUT2D eigenvalue weighted by Crippen LogP contribution is -2.22. The molecule has 2 aromatic rings. The summed E-state index contributed by atoms with van der Waals surface area (Å²) in [7, 11) is -3.53. The monoisotopic (exact) mass is 383 g/mol. The van der Waals surface area contributed by atoms with Crippen LogP contribution in [0.4, 0.5) is 14.5 Å². The van der Waals surface area contributed by atoms with Crippen molar-refractivity contribution in [2.75, 3.05) is 18.2 Å². The van der Waals surface area contributed by atoms with E-state index in [4.69, 9.17) is 4.74 Å². The first-order chi connectivity index (χ1) is 12.1. The molecule has 0 radical (unpaired) electrons. The fourth-order valence-corrected chi connectivity index (χ4v) is 2.70. The molecule has 0 aliphatic heterocycles. The number of aryl methyl sites for hydroxylation is 1. The Morgan fingerprint density at radius 1 is 1.12 bits per heavy atom. The third-order valence-corrected chi connectivity index (χ3v) is 4.53. The average Bonchev–Trinajstić information content (AvgIpc) is 2.55. The van der Waals surface area contributed by atoms with Crippen LogP contribution in [0.3, 0.4) is 0 Å². The van der Waals surface area contributed by atoms with E-state index in [-0.39, 0.29) is 10.5 Å². The Hall–Kier alpha value is -2.81. The summed E-state index contributed by atoms with van der Waals surface area (Å²) in [4.78, 5) is 23.8. The molecule has 0 aliphatic carbocycles. The minimum atomic E-state index is -3.53. The summed E-state index contributed by atoms with van der Waals surface area (Å²) in [6.45, 7) is 0.770. The van der Waals surface area contributed by atoms with Crippen LogP contribution in [-0.4, -0.2) is 33.2 Å². The Morgan fingerprint density at radius 3 is 2.31 bits per heavy atom. The van der Waals surface area contributed by atoms with Gasteiger partial charge in [-0.25, -0.2) is 22.0 Å². The number of esters is 1. The molecular formula is C17H15F2NO5S. The van der Waals surface area contributed by atoms with Crippen LogP contribution in [0.5, 0.6) is 0 Å². The number of ether oxygens (including phenoxy) is 1. The Kier molecular flexibility index (Phi) is 5.71. The van der Waals surface area contributed by atoms with Crippen molar-refractivity contribution in [2.45, 2.75) is 11.8 Å². The molecule has 1 N–H and O–H groups in total. The summed E-state index contributed by atoms with van der Waals surface area (Å²) in [5.41, 5.74) is -0.232. The number of sulfone groups is 1. The number of hydrogen-bond donors (Lipinski definition) is 1. The number of hydrogen-bond acceptors (Lipinski definition) is 5. The van der Waals surface area contributed by atoms with Crippen LogP contribution in [0.1, 0.15) is 15.9 Å². The molecule has 2 rings (SSSR count). The smallest absolute Gasteiger partial charge is 0.338 e. The van der Waals surface area contributed by atoms with Gasteiger partial charge in [-0.2, -0.15) is 0 Å². The van der Waals surface area contributed by atoms with E-state index >= 15 is 0 Å². The van der Waals surface area contributed by atoms with Gasteiger partial charge < -0.3 is 10.1 Å². The highest BCUT2D eigenvalue weighted by Crippen LogP contribution is 2.19. The SMILES string of the molecule is Cc1ccc(S(C)(=O)=O)cc1C(=O)OCC(=O)Nc1c(F)cccc1F. The van der Waals surface area contributed by atoms with E-state index in [2.05, 4.69) is 0 Å². The van der Waals surface area contributed by atoms with Crippen LogP contribution in [0.15, 0.2) is 41.3 Å². The predicted octanol–water partition coefficient (Wildman–Crippen LogP) is 2.47. The number of carbonyl (C=O) groups is 2. The molecule has 0 heterocycles. The van der Waals surface area contributed by atoms with Crippen LogP contribution >= 0.6 is 0 Å². The molecule has 0 aliphatic rings. The topological polar surface area (TPSA) is 89.5 Å². The number of carbonyl (C=O) groups excluding carboxylic acids is 2. The maximum absolute atomic E-state index is 13.5. The number of nitrogens with one attached hydrogen (secondary N) is 1. The third-order valence-electron chi connectivity index (χ3n) is 3.42. The van der Waals surface area contributed by atoms with Gasteiger partial charge in [0.15, 0.2) is 16.4 Å². The molecule has 1 amide bonds. The van der Waals surface area contributed by atoms with Crippen molar-refractivity contribution in [1.82, 2.24) is 0 Å². The standard InChI is InChI=1S/C17H15F2NO5S/c1-10-6-7-11(26(2,23)24)8-12(10)17(22)25-9-15(21)20-16-13(18)4-3-5-14(16)19/h3-8H,9H2,1-2H3,(H,20,21). The normalized spacial score (nSPS) is 11.1. The van der Waals surface area contributed by atoms with Crippen LogP contribution in [0.25, 0.3) is 0 Å². The van der Waals surface area contributed by atoms with Crippen molar-refractivity contribution in [3.63, 3.8) is 0 Å². The van der Waals surface area contributed by atoms with E-state index in [0.29, 0.717) is 5.56 Å². The number of rotatable bonds is 5. The van der Waals surface area contributed by atoms with Crippen molar-refractivity contribution < 1.29 is 31.5 Å². The van der Waals surface area contributed by atoms with Gasteiger partial charge in [0.25, 0.3) is 5.91 Å². The lowest BCUT2D eigenvalue weighted by molar-refractivity contribution is -0.119. The first kappa shape index (κ1) is 19.5. The Labute approximate surface area is 148 Å². The zero-order chi connectivity index (χ0) is 19.5. The molecule has 0 atom stereocenters. The molecule has 0 spiro atoms. The fraction of sp³-hybridized carbons (Fsp3) is 0.176. The van der Waals surface area contributed by atoms with E-state index in [1.807, 2.05) is 5.32 Å². The summed E-state index contributed by atoms with van der Waals surface area (Å²) in [5, 5.41) is 1.97. The van der Waals surface area contributed by atoms with Gasteiger partial charge >= 0.3 is 5.97 Å². The minimum absolute atomic E-state index is 0.0298. The first-order valence-corrected chi connectivity index (χ1v) is 9.20. The van der Waals surface area contributed by atoms with Crippen LogP contribution in [0.2, 0.25) is 0 Å². The van der Waals surface area contributed by atoms with Crippen molar-refractivity contribution >= 4 is 27.4 Å². The van der Waals surface area contributed by atoms with Gasteiger partial charge in [-0.15, -0.1) is 0 Å². The zero-order valence-electron chi connectivity index (χ0n) is 13.9. The molecule has 138 valence electrons. The molecule has 0 saturated heterocycles. The lowest BCUT2D eigenvalue weighted by Gasteiger charge is -2.10. The molecular weight excluding hydrogens is 368 g/mol. The Morgan fingerprint density at radius 2 is 1.73 bits per heavy atom. The molecule has 0 aromatic heterocycles. The maximum atomic E-state index is 13.5. The number of amides is 1. The van der Waals surface area contributed by atoms with E-state index in [9.17, 15) is 26.8 Å². The summed E-state index contributed by atoms with van der Waals surface area (Å²) in [6.07, 6.45) is 0.989. The van der Waals surface area contributed by atoms with Gasteiger partial charge in [0.2, 0.25) is 0 Å². The number of halogens is 2. The van der Waals surface area contributed by atoms with Crippen molar-refractivity contribution in [1.29, 1.82) is 0 Å². The summed E-state index contributed by atoms with van der Waals surface area (Å²) < 4.78 is 54.9. The second kappa shape index (κ2) is 7.61. The molecule has 0 saturated carbocycles. The number of para-hydroxylation sites is 1. The number of benzene rings is 2. The molecule has 9 heteroatoms. The van der Waals surface area contributed by atoms with Crippen molar-refractivity contribution in [2.24, 2.45) is 0 Å². The molecule has 0 fully saturated rings. The van der Waals surface area contributed by atoms with Crippen molar-refractivity contribution in [3.05, 3.63) is 59.2 Å². The molecule has 6 nitrogen and oxygen atoms in total. The predicted molar refractivity (Wildman–Crippen MR) is 89.6 cm³/mol. The minimum Gasteiger partial charge on any atom is -0.452 e. The van der Waals surface area contributed by atoms with Crippen LogP contribution in [-0.2, 0) is 19.4 Å². The zero-order valence-corrected chi connectivity index (χ0v) is 14.7. The molecule has 0 unspecified atom stereocenters. The Balaban J connectivity index is 2.08. The van der Waals surface area contributed by atoms with Gasteiger partial charge in [-0.05, 0) is 36.8 Å². The van der Waals surface area contributed by atoms with E-state index < -0.39 is 45.6 Å². The highest BCUT2D eigenvalue weighted by atomic mass is 32.2. The van der Waals surface area contributed by atoms with E-state index in [1.165, 1.54) is 12.1 Å². The molecule has 26 heavy (non-hydrogen) atoms. The van der Waals surface area contributed by atoms with Gasteiger partial charge in [0, 0.05) is 6.26 Å². The summed E-state index contributed by atoms with van der Waals surface area (Å²) >= 11 is 0. The fourth-order valence-electron chi connectivity index (χ4n) is 2.05. The maximum Gasteiger partial charge on any atom is 0.338 e. The first-order valence-electron chi connectivity index (χ1n) is 7.31. The van der Waals surface area contributed by atoms with Gasteiger partial charge in [0.05, 0.1) is 10.5 Å². The number of anilines is 1. The third kappa shape index (κ3) is 4.63. The summed E-state index contributed by atoms with van der Waals surface area (Å²) in [5.74, 6) is -3.82. The lowest BCUT2D eigenvalue weighted by atomic mass is 10.1.